The van der Waals surface area contributed by atoms with Crippen LogP contribution in [0.1, 0.15) is 16.2 Å². The normalized spacial score (nSPS) is 10.4. The van der Waals surface area contributed by atoms with E-state index < -0.39 is 5.91 Å². The van der Waals surface area contributed by atoms with Gasteiger partial charge in [0.15, 0.2) is 0 Å². The summed E-state index contributed by atoms with van der Waals surface area (Å²) in [6.45, 7) is 2.84. The summed E-state index contributed by atoms with van der Waals surface area (Å²) in [5, 5.41) is 6.56. The third-order valence-electron chi connectivity index (χ3n) is 2.85. The van der Waals surface area contributed by atoms with Crippen LogP contribution < -0.4 is 10.6 Å². The first kappa shape index (κ1) is 17.5. The Hall–Kier alpha value is -1.89. The number of ether oxygens (including phenoxy) is 1. The number of nitrogens with zero attached hydrogens (tertiary/aromatic N) is 2. The molecule has 1 aromatic heterocycles. The highest BCUT2D eigenvalue weighted by molar-refractivity contribution is 6.35. The van der Waals surface area contributed by atoms with Crippen molar-refractivity contribution >= 4 is 40.7 Å². The van der Waals surface area contributed by atoms with E-state index in [4.69, 9.17) is 27.9 Å². The summed E-state index contributed by atoms with van der Waals surface area (Å²) in [5.74, 6) is -0.0288. The van der Waals surface area contributed by atoms with E-state index in [0.29, 0.717) is 40.5 Å². The molecule has 0 atom stereocenters. The minimum Gasteiger partial charge on any atom is -0.383 e. The number of nitrogens with one attached hydrogen (secondary N) is 2. The molecule has 1 amide bonds. The first-order valence-corrected chi connectivity index (χ1v) is 7.60. The lowest BCUT2D eigenvalue weighted by Crippen LogP contribution is -2.17. The molecule has 6 nitrogen and oxygen atoms in total. The Morgan fingerprint density at radius 3 is 2.78 bits per heavy atom. The maximum atomic E-state index is 12.4. The number of hydrogen-bond acceptors (Lipinski definition) is 5. The Morgan fingerprint density at radius 1 is 1.26 bits per heavy atom. The van der Waals surface area contributed by atoms with E-state index in [2.05, 4.69) is 20.6 Å². The lowest BCUT2D eigenvalue weighted by molar-refractivity contribution is 0.102. The molecule has 122 valence electrons. The Labute approximate surface area is 144 Å². The first-order chi connectivity index (χ1) is 11.0. The van der Waals surface area contributed by atoms with Crippen molar-refractivity contribution in [1.29, 1.82) is 0 Å². The van der Waals surface area contributed by atoms with Gasteiger partial charge in [-0.1, -0.05) is 23.2 Å². The average molecular weight is 355 g/mol. The number of benzene rings is 1. The highest BCUT2D eigenvalue weighted by Gasteiger charge is 2.13. The third-order valence-corrected chi connectivity index (χ3v) is 3.42. The van der Waals surface area contributed by atoms with E-state index in [0.717, 1.165) is 0 Å². The maximum absolute atomic E-state index is 12.4. The van der Waals surface area contributed by atoms with E-state index in [1.165, 1.54) is 0 Å². The van der Waals surface area contributed by atoms with Crippen LogP contribution in [-0.4, -0.2) is 36.1 Å². The fourth-order valence-corrected chi connectivity index (χ4v) is 2.15. The summed E-state index contributed by atoms with van der Waals surface area (Å²) in [6, 6.07) is 6.43. The molecule has 1 aromatic carbocycles. The number of amides is 1. The lowest BCUT2D eigenvalue weighted by atomic mass is 10.3. The van der Waals surface area contributed by atoms with Crippen LogP contribution in [0, 0.1) is 6.92 Å². The number of carbonyl (C=O) groups excluding carboxylic acids is 1. The fourth-order valence-electron chi connectivity index (χ4n) is 1.81. The zero-order chi connectivity index (χ0) is 16.8. The molecule has 2 rings (SSSR count). The number of rotatable bonds is 6. The molecular weight excluding hydrogens is 339 g/mol. The molecule has 0 aliphatic carbocycles. The van der Waals surface area contributed by atoms with Gasteiger partial charge in [-0.3, -0.25) is 4.79 Å². The second-order valence-corrected chi connectivity index (χ2v) is 5.56. The lowest BCUT2D eigenvalue weighted by Gasteiger charge is -2.10. The van der Waals surface area contributed by atoms with E-state index in [9.17, 15) is 4.79 Å². The van der Waals surface area contributed by atoms with Crippen molar-refractivity contribution < 1.29 is 9.53 Å². The molecule has 1 heterocycles. The van der Waals surface area contributed by atoms with Gasteiger partial charge in [0.25, 0.3) is 5.91 Å². The zero-order valence-electron chi connectivity index (χ0n) is 12.7. The van der Waals surface area contributed by atoms with Gasteiger partial charge in [0, 0.05) is 24.4 Å². The number of aryl methyl sites for hydroxylation is 1. The van der Waals surface area contributed by atoms with Crippen molar-refractivity contribution in [3.63, 3.8) is 0 Å². The second kappa shape index (κ2) is 8.10. The molecule has 0 saturated heterocycles. The van der Waals surface area contributed by atoms with Gasteiger partial charge in [0.1, 0.15) is 5.69 Å². The predicted octanol–water partition coefficient (Wildman–Crippen LogP) is 3.40. The van der Waals surface area contributed by atoms with Crippen molar-refractivity contribution in [2.24, 2.45) is 0 Å². The number of anilines is 2. The Bertz CT molecular complexity index is 710. The molecule has 0 saturated carbocycles. The summed E-state index contributed by atoms with van der Waals surface area (Å²) >= 11 is 12.0. The maximum Gasteiger partial charge on any atom is 0.274 e. The van der Waals surface area contributed by atoms with Crippen LogP contribution >= 0.6 is 23.2 Å². The molecule has 2 aromatic rings. The van der Waals surface area contributed by atoms with Gasteiger partial charge in [-0.15, -0.1) is 0 Å². The molecule has 0 aliphatic heterocycles. The Morgan fingerprint density at radius 2 is 2.04 bits per heavy atom. The van der Waals surface area contributed by atoms with E-state index in [-0.39, 0.29) is 5.69 Å². The van der Waals surface area contributed by atoms with Gasteiger partial charge in [-0.25, -0.2) is 9.97 Å². The molecule has 0 fully saturated rings. The van der Waals surface area contributed by atoms with Gasteiger partial charge in [-0.05, 0) is 31.2 Å². The largest absolute Gasteiger partial charge is 0.383 e. The highest BCUT2D eigenvalue weighted by atomic mass is 35.5. The summed E-state index contributed by atoms with van der Waals surface area (Å²) < 4.78 is 4.95. The standard InChI is InChI=1S/C15H16Cl2N4O2/c1-9-7-13(21-15(19-9)18-5-6-23-2)14(22)20-12-8-10(16)3-4-11(12)17/h3-4,7-8H,5-6H2,1-2H3,(H,20,22)(H,18,19,21). The quantitative estimate of drug-likeness (QED) is 0.777. The SMILES string of the molecule is COCCNc1nc(C)cc(C(=O)Nc2cc(Cl)ccc2Cl)n1. The van der Waals surface area contributed by atoms with Crippen LogP contribution in [0.3, 0.4) is 0 Å². The van der Waals surface area contributed by atoms with Crippen molar-refractivity contribution in [2.45, 2.75) is 6.92 Å². The van der Waals surface area contributed by atoms with Crippen LogP contribution in [-0.2, 0) is 4.74 Å². The number of hydrogen-bond donors (Lipinski definition) is 2. The molecule has 0 aliphatic rings. The van der Waals surface area contributed by atoms with Gasteiger partial charge >= 0.3 is 0 Å². The Kier molecular flexibility index (Phi) is 6.15. The van der Waals surface area contributed by atoms with Gasteiger partial charge < -0.3 is 15.4 Å². The third kappa shape index (κ3) is 5.06. The zero-order valence-corrected chi connectivity index (χ0v) is 14.2. The molecule has 23 heavy (non-hydrogen) atoms. The topological polar surface area (TPSA) is 76.1 Å². The van der Waals surface area contributed by atoms with E-state index >= 15 is 0 Å². The molecule has 0 spiro atoms. The number of carbonyl (C=O) groups is 1. The molecule has 2 N–H and O–H groups in total. The number of methoxy groups -OCH3 is 1. The van der Waals surface area contributed by atoms with Gasteiger partial charge in [0.2, 0.25) is 5.95 Å². The average Bonchev–Trinajstić information content (AvgIpc) is 2.50. The summed E-state index contributed by atoms with van der Waals surface area (Å²) in [5.41, 5.74) is 1.32. The van der Waals surface area contributed by atoms with Crippen LogP contribution in [0.15, 0.2) is 24.3 Å². The van der Waals surface area contributed by atoms with Crippen molar-refractivity contribution in [3.8, 4) is 0 Å². The van der Waals surface area contributed by atoms with Gasteiger partial charge in [-0.2, -0.15) is 0 Å². The van der Waals surface area contributed by atoms with Gasteiger partial charge in [0.05, 0.1) is 17.3 Å². The minimum absolute atomic E-state index is 0.230. The first-order valence-electron chi connectivity index (χ1n) is 6.84. The number of aromatic nitrogens is 2. The molecule has 0 radical (unpaired) electrons. The second-order valence-electron chi connectivity index (χ2n) is 4.72. The van der Waals surface area contributed by atoms with Crippen LogP contribution in [0.4, 0.5) is 11.6 Å². The monoisotopic (exact) mass is 354 g/mol. The molecular formula is C15H16Cl2N4O2. The Balaban J connectivity index is 2.16. The van der Waals surface area contributed by atoms with Crippen molar-refractivity contribution in [2.75, 3.05) is 30.9 Å². The van der Waals surface area contributed by atoms with E-state index in [1.807, 2.05) is 0 Å². The van der Waals surface area contributed by atoms with Crippen molar-refractivity contribution in [3.05, 3.63) is 45.7 Å². The van der Waals surface area contributed by atoms with Crippen molar-refractivity contribution in [1.82, 2.24) is 9.97 Å². The summed E-state index contributed by atoms with van der Waals surface area (Å²) in [7, 11) is 1.60. The number of halogens is 2. The van der Waals surface area contributed by atoms with E-state index in [1.54, 1.807) is 38.3 Å². The molecule has 8 heteroatoms. The highest BCUT2D eigenvalue weighted by Crippen LogP contribution is 2.25. The van der Waals surface area contributed by atoms with Crippen LogP contribution in [0.5, 0.6) is 0 Å². The van der Waals surface area contributed by atoms with Crippen LogP contribution in [0.2, 0.25) is 10.0 Å². The summed E-state index contributed by atoms with van der Waals surface area (Å²) in [6.07, 6.45) is 0. The molecule has 0 unspecified atom stereocenters. The smallest absolute Gasteiger partial charge is 0.274 e. The fraction of sp³-hybridized carbons (Fsp3) is 0.267. The predicted molar refractivity (Wildman–Crippen MR) is 91.5 cm³/mol. The minimum atomic E-state index is -0.394. The van der Waals surface area contributed by atoms with Crippen LogP contribution in [0.25, 0.3) is 0 Å². The molecule has 0 bridgehead atoms. The summed E-state index contributed by atoms with van der Waals surface area (Å²) in [4.78, 5) is 20.8.